The van der Waals surface area contributed by atoms with Gasteiger partial charge < -0.3 is 19.5 Å². The number of benzene rings is 1. The Bertz CT molecular complexity index is 529. The lowest BCUT2D eigenvalue weighted by Gasteiger charge is -2.33. The molecule has 6 heteroatoms. The van der Waals surface area contributed by atoms with Crippen LogP contribution < -0.4 is 9.47 Å². The first-order valence-electron chi connectivity index (χ1n) is 9.66. The minimum Gasteiger partial charge on any atom is -0.493 e. The molecule has 1 saturated heterocycles. The number of β-amino-alcohol motifs (C(OH)–C–C–N with tert-alkyl or cyclic N) is 1. The van der Waals surface area contributed by atoms with Gasteiger partial charge in [0.15, 0.2) is 11.5 Å². The summed E-state index contributed by atoms with van der Waals surface area (Å²) in [6.45, 7) is 12.3. The first kappa shape index (κ1) is 21.0. The number of methoxy groups -OCH3 is 1. The molecule has 1 aliphatic rings. The smallest absolute Gasteiger partial charge is 0.161 e. The number of aliphatic hydroxyl groups is 1. The van der Waals surface area contributed by atoms with Gasteiger partial charge in [-0.15, -0.1) is 0 Å². The summed E-state index contributed by atoms with van der Waals surface area (Å²) in [7, 11) is 3.78. The SMILES string of the molecule is CCN(CC)Cc1ccc(OC)c(OCC(O)CN2CCN(C)CC2)c1. The molecule has 1 heterocycles. The molecule has 0 saturated carbocycles. The molecule has 1 aromatic rings. The minimum absolute atomic E-state index is 0.275. The second-order valence-electron chi connectivity index (χ2n) is 7.02. The number of piperazine rings is 1. The standard InChI is InChI=1S/C20H35N3O3/c1-5-22(6-2)14-17-7-8-19(25-4)20(13-17)26-16-18(24)15-23-11-9-21(3)10-12-23/h7-8,13,18,24H,5-6,9-12,14-16H2,1-4H3. The number of likely N-dealkylation sites (N-methyl/N-ethyl adjacent to an activating group) is 1. The van der Waals surface area contributed by atoms with E-state index in [2.05, 4.69) is 41.7 Å². The Morgan fingerprint density at radius 1 is 1.12 bits per heavy atom. The van der Waals surface area contributed by atoms with E-state index >= 15 is 0 Å². The Morgan fingerprint density at radius 2 is 1.81 bits per heavy atom. The maximum atomic E-state index is 10.4. The number of hydrogen-bond acceptors (Lipinski definition) is 6. The Hall–Kier alpha value is -1.34. The zero-order valence-electron chi connectivity index (χ0n) is 16.8. The van der Waals surface area contributed by atoms with Crippen molar-refractivity contribution in [2.24, 2.45) is 0 Å². The maximum absolute atomic E-state index is 10.4. The van der Waals surface area contributed by atoms with Crippen molar-refractivity contribution in [3.63, 3.8) is 0 Å². The van der Waals surface area contributed by atoms with Crippen molar-refractivity contribution in [3.05, 3.63) is 23.8 Å². The van der Waals surface area contributed by atoms with E-state index < -0.39 is 6.10 Å². The fourth-order valence-corrected chi connectivity index (χ4v) is 3.20. The normalized spacial score (nSPS) is 17.5. The van der Waals surface area contributed by atoms with Crippen molar-refractivity contribution >= 4 is 0 Å². The van der Waals surface area contributed by atoms with Crippen LogP contribution in [-0.2, 0) is 6.54 Å². The zero-order chi connectivity index (χ0) is 18.9. The summed E-state index contributed by atoms with van der Waals surface area (Å²) in [4.78, 5) is 6.96. The highest BCUT2D eigenvalue weighted by molar-refractivity contribution is 5.43. The van der Waals surface area contributed by atoms with Gasteiger partial charge in [-0.25, -0.2) is 0 Å². The van der Waals surface area contributed by atoms with Crippen LogP contribution in [0.2, 0.25) is 0 Å². The Labute approximate surface area is 158 Å². The van der Waals surface area contributed by atoms with Gasteiger partial charge in [0.25, 0.3) is 0 Å². The number of rotatable bonds is 10. The minimum atomic E-state index is -0.505. The van der Waals surface area contributed by atoms with Crippen molar-refractivity contribution in [3.8, 4) is 11.5 Å². The van der Waals surface area contributed by atoms with Crippen LogP contribution >= 0.6 is 0 Å². The summed E-state index contributed by atoms with van der Waals surface area (Å²) in [5, 5.41) is 10.4. The van der Waals surface area contributed by atoms with Gasteiger partial charge in [0.05, 0.1) is 7.11 Å². The second-order valence-corrected chi connectivity index (χ2v) is 7.02. The molecular weight excluding hydrogens is 330 g/mol. The third-order valence-corrected chi connectivity index (χ3v) is 5.02. The van der Waals surface area contributed by atoms with Gasteiger partial charge in [-0.3, -0.25) is 9.80 Å². The molecule has 0 bridgehead atoms. The van der Waals surface area contributed by atoms with Gasteiger partial charge in [0.1, 0.15) is 12.7 Å². The highest BCUT2D eigenvalue weighted by Crippen LogP contribution is 2.28. The maximum Gasteiger partial charge on any atom is 0.161 e. The molecule has 0 aliphatic carbocycles. The van der Waals surface area contributed by atoms with Crippen LogP contribution in [0.5, 0.6) is 11.5 Å². The largest absolute Gasteiger partial charge is 0.493 e. The third kappa shape index (κ3) is 6.43. The first-order valence-corrected chi connectivity index (χ1v) is 9.66. The fourth-order valence-electron chi connectivity index (χ4n) is 3.20. The molecular formula is C20H35N3O3. The molecule has 0 aromatic heterocycles. The van der Waals surface area contributed by atoms with Crippen LogP contribution in [0.1, 0.15) is 19.4 Å². The molecule has 6 nitrogen and oxygen atoms in total. The lowest BCUT2D eigenvalue weighted by Crippen LogP contribution is -2.47. The van der Waals surface area contributed by atoms with Crippen LogP contribution in [0.25, 0.3) is 0 Å². The molecule has 148 valence electrons. The van der Waals surface area contributed by atoms with E-state index in [0.717, 1.165) is 45.8 Å². The molecule has 1 N–H and O–H groups in total. The van der Waals surface area contributed by atoms with E-state index in [0.29, 0.717) is 18.0 Å². The van der Waals surface area contributed by atoms with Gasteiger partial charge in [0.2, 0.25) is 0 Å². The quantitative estimate of drug-likeness (QED) is 0.679. The van der Waals surface area contributed by atoms with E-state index in [9.17, 15) is 5.11 Å². The average Bonchev–Trinajstić information content (AvgIpc) is 2.66. The summed E-state index contributed by atoms with van der Waals surface area (Å²) in [5.74, 6) is 1.41. The molecule has 1 unspecified atom stereocenters. The molecule has 2 rings (SSSR count). The van der Waals surface area contributed by atoms with E-state index in [1.807, 2.05) is 12.1 Å². The monoisotopic (exact) mass is 365 g/mol. The van der Waals surface area contributed by atoms with Crippen molar-refractivity contribution in [2.45, 2.75) is 26.5 Å². The molecule has 1 aliphatic heterocycles. The van der Waals surface area contributed by atoms with Crippen LogP contribution in [0, 0.1) is 0 Å². The molecule has 26 heavy (non-hydrogen) atoms. The van der Waals surface area contributed by atoms with Gasteiger partial charge in [-0.05, 0) is 37.8 Å². The third-order valence-electron chi connectivity index (χ3n) is 5.02. The summed E-state index contributed by atoms with van der Waals surface area (Å²) in [6.07, 6.45) is -0.505. The van der Waals surface area contributed by atoms with Gasteiger partial charge in [-0.1, -0.05) is 19.9 Å². The van der Waals surface area contributed by atoms with E-state index in [1.54, 1.807) is 7.11 Å². The lowest BCUT2D eigenvalue weighted by atomic mass is 10.2. The molecule has 1 fully saturated rings. The predicted molar refractivity (Wildman–Crippen MR) is 105 cm³/mol. The van der Waals surface area contributed by atoms with Crippen LogP contribution in [0.15, 0.2) is 18.2 Å². The zero-order valence-corrected chi connectivity index (χ0v) is 16.8. The summed E-state index contributed by atoms with van der Waals surface area (Å²) in [5.41, 5.74) is 1.19. The van der Waals surface area contributed by atoms with Crippen molar-refractivity contribution < 1.29 is 14.6 Å². The van der Waals surface area contributed by atoms with Crippen LogP contribution in [0.4, 0.5) is 0 Å². The number of nitrogens with zero attached hydrogens (tertiary/aromatic N) is 3. The topological polar surface area (TPSA) is 48.4 Å². The summed E-state index contributed by atoms with van der Waals surface area (Å²) >= 11 is 0. The Balaban J connectivity index is 1.90. The molecule has 0 spiro atoms. The number of hydrogen-bond donors (Lipinski definition) is 1. The summed E-state index contributed by atoms with van der Waals surface area (Å²) in [6, 6.07) is 6.05. The summed E-state index contributed by atoms with van der Waals surface area (Å²) < 4.78 is 11.3. The van der Waals surface area contributed by atoms with Crippen molar-refractivity contribution in [1.29, 1.82) is 0 Å². The van der Waals surface area contributed by atoms with Crippen LogP contribution in [-0.4, -0.2) is 92.5 Å². The van der Waals surface area contributed by atoms with Crippen LogP contribution in [0.3, 0.4) is 0 Å². The Kier molecular flexibility index (Phi) is 8.65. The van der Waals surface area contributed by atoms with Gasteiger partial charge >= 0.3 is 0 Å². The van der Waals surface area contributed by atoms with Crippen molar-refractivity contribution in [1.82, 2.24) is 14.7 Å². The average molecular weight is 366 g/mol. The highest BCUT2D eigenvalue weighted by atomic mass is 16.5. The molecule has 1 aromatic carbocycles. The number of ether oxygens (including phenoxy) is 2. The van der Waals surface area contributed by atoms with Crippen molar-refractivity contribution in [2.75, 3.05) is 66.6 Å². The molecule has 0 radical (unpaired) electrons. The van der Waals surface area contributed by atoms with Gasteiger partial charge in [0, 0.05) is 39.3 Å². The van der Waals surface area contributed by atoms with E-state index in [1.165, 1.54) is 5.56 Å². The van der Waals surface area contributed by atoms with E-state index in [-0.39, 0.29) is 6.61 Å². The predicted octanol–water partition coefficient (Wildman–Crippen LogP) is 1.52. The number of aliphatic hydroxyl groups excluding tert-OH is 1. The first-order chi connectivity index (χ1) is 12.5. The highest BCUT2D eigenvalue weighted by Gasteiger charge is 2.18. The van der Waals surface area contributed by atoms with Gasteiger partial charge in [-0.2, -0.15) is 0 Å². The molecule has 1 atom stereocenters. The fraction of sp³-hybridized carbons (Fsp3) is 0.700. The van der Waals surface area contributed by atoms with E-state index in [4.69, 9.17) is 9.47 Å². The molecule has 0 amide bonds. The lowest BCUT2D eigenvalue weighted by molar-refractivity contribution is 0.0497. The Morgan fingerprint density at radius 3 is 2.42 bits per heavy atom. The second kappa shape index (κ2) is 10.7.